The summed E-state index contributed by atoms with van der Waals surface area (Å²) in [5, 5.41) is 11.7. The Morgan fingerprint density at radius 1 is 1.16 bits per heavy atom. The second kappa shape index (κ2) is 8.73. The van der Waals surface area contributed by atoms with Crippen molar-refractivity contribution in [1.82, 2.24) is 9.88 Å². The van der Waals surface area contributed by atoms with E-state index < -0.39 is 4.92 Å². The summed E-state index contributed by atoms with van der Waals surface area (Å²) >= 11 is 1.65. The number of non-ortho nitro benzene ring substituents is 1. The number of rotatable bonds is 5. The smallest absolute Gasteiger partial charge is 0.269 e. The molecule has 2 heterocycles. The van der Waals surface area contributed by atoms with E-state index in [1.54, 1.807) is 41.6 Å². The Balaban J connectivity index is 1.39. The highest BCUT2D eigenvalue weighted by Gasteiger charge is 2.23. The second-order valence-electron chi connectivity index (χ2n) is 7.25. The zero-order chi connectivity index (χ0) is 22.0. The number of carbonyl (C=O) groups is 1. The van der Waals surface area contributed by atoms with Crippen LogP contribution >= 0.6 is 11.3 Å². The minimum atomic E-state index is -0.443. The number of nitro groups is 1. The first-order valence-corrected chi connectivity index (χ1v) is 10.7. The fraction of sp³-hybridized carbons (Fsp3) is 0.273. The molecule has 3 aromatic rings. The second-order valence-corrected chi connectivity index (χ2v) is 8.23. The quantitative estimate of drug-likeness (QED) is 0.341. The van der Waals surface area contributed by atoms with Gasteiger partial charge in [0.15, 0.2) is 5.13 Å². The summed E-state index contributed by atoms with van der Waals surface area (Å²) in [6.07, 6.45) is 3.20. The number of aromatic nitrogens is 1. The molecule has 2 aromatic carbocycles. The molecule has 8 nitrogen and oxygen atoms in total. The van der Waals surface area contributed by atoms with Crippen LogP contribution in [0.1, 0.15) is 11.1 Å². The molecule has 160 valence electrons. The number of fused-ring (bicyclic) bond motifs is 1. The lowest BCUT2D eigenvalue weighted by Crippen LogP contribution is -2.48. The molecule has 0 aliphatic carbocycles. The summed E-state index contributed by atoms with van der Waals surface area (Å²) in [5.74, 6) is 0.702. The van der Waals surface area contributed by atoms with Crippen molar-refractivity contribution in [3.63, 3.8) is 0 Å². The van der Waals surface area contributed by atoms with Crippen molar-refractivity contribution in [2.24, 2.45) is 0 Å². The number of benzene rings is 2. The predicted molar refractivity (Wildman–Crippen MR) is 122 cm³/mol. The minimum Gasteiger partial charge on any atom is -0.494 e. The van der Waals surface area contributed by atoms with Crippen LogP contribution in [-0.4, -0.2) is 54.0 Å². The average Bonchev–Trinajstić information content (AvgIpc) is 3.24. The Kier molecular flexibility index (Phi) is 5.85. The summed E-state index contributed by atoms with van der Waals surface area (Å²) in [7, 11) is 1.65. The highest BCUT2D eigenvalue weighted by atomic mass is 32.1. The maximum atomic E-state index is 12.5. The topological polar surface area (TPSA) is 88.8 Å². The van der Waals surface area contributed by atoms with Gasteiger partial charge in [-0.15, -0.1) is 0 Å². The molecule has 1 aliphatic rings. The highest BCUT2D eigenvalue weighted by Crippen LogP contribution is 2.36. The molecule has 1 fully saturated rings. The summed E-state index contributed by atoms with van der Waals surface area (Å²) in [6, 6.07) is 10.1. The summed E-state index contributed by atoms with van der Waals surface area (Å²) in [4.78, 5) is 31.6. The fourth-order valence-electron chi connectivity index (χ4n) is 3.50. The van der Waals surface area contributed by atoms with Gasteiger partial charge in [-0.2, -0.15) is 0 Å². The van der Waals surface area contributed by atoms with Crippen molar-refractivity contribution in [2.75, 3.05) is 38.2 Å². The monoisotopic (exact) mass is 438 g/mol. The number of piperazine rings is 1. The van der Waals surface area contributed by atoms with Crippen LogP contribution in [0.4, 0.5) is 10.8 Å². The molecule has 0 saturated carbocycles. The number of aryl methyl sites for hydroxylation is 1. The first-order chi connectivity index (χ1) is 15.0. The lowest BCUT2D eigenvalue weighted by atomic mass is 10.2. The SMILES string of the molecule is COc1ccc(C)c2sc(N3CCN(C(=O)/C=C\c4ccc([N+](=O)[O-])cc4)CC3)nc12. The van der Waals surface area contributed by atoms with Gasteiger partial charge in [0, 0.05) is 44.4 Å². The molecular weight excluding hydrogens is 416 g/mol. The molecule has 0 bridgehead atoms. The van der Waals surface area contributed by atoms with Crippen LogP contribution in [0.2, 0.25) is 0 Å². The van der Waals surface area contributed by atoms with Gasteiger partial charge >= 0.3 is 0 Å². The zero-order valence-electron chi connectivity index (χ0n) is 17.3. The van der Waals surface area contributed by atoms with Crippen LogP contribution in [0, 0.1) is 17.0 Å². The molecule has 4 rings (SSSR count). The molecule has 0 radical (unpaired) electrons. The van der Waals surface area contributed by atoms with E-state index in [2.05, 4.69) is 11.8 Å². The van der Waals surface area contributed by atoms with Gasteiger partial charge in [-0.25, -0.2) is 4.98 Å². The van der Waals surface area contributed by atoms with Gasteiger partial charge in [-0.1, -0.05) is 17.4 Å². The third kappa shape index (κ3) is 4.36. The lowest BCUT2D eigenvalue weighted by molar-refractivity contribution is -0.384. The highest BCUT2D eigenvalue weighted by molar-refractivity contribution is 7.22. The van der Waals surface area contributed by atoms with E-state index in [0.717, 1.165) is 26.7 Å². The Labute approximate surface area is 183 Å². The van der Waals surface area contributed by atoms with Crippen molar-refractivity contribution in [1.29, 1.82) is 0 Å². The first-order valence-electron chi connectivity index (χ1n) is 9.87. The van der Waals surface area contributed by atoms with Gasteiger partial charge in [0.2, 0.25) is 5.91 Å². The Hall–Kier alpha value is -3.46. The molecule has 0 N–H and O–H groups in total. The van der Waals surface area contributed by atoms with E-state index in [1.165, 1.54) is 23.8 Å². The number of hydrogen-bond acceptors (Lipinski definition) is 7. The Bertz CT molecular complexity index is 1150. The standard InChI is InChI=1S/C22H22N4O4S/c1-15-3-9-18(30-2)20-21(15)31-22(23-20)25-13-11-24(12-14-25)19(27)10-6-16-4-7-17(8-5-16)26(28)29/h3-10H,11-14H2,1-2H3/b10-6-. The van der Waals surface area contributed by atoms with Crippen molar-refractivity contribution in [2.45, 2.75) is 6.92 Å². The van der Waals surface area contributed by atoms with Gasteiger partial charge in [0.05, 0.1) is 16.7 Å². The van der Waals surface area contributed by atoms with Crippen molar-refractivity contribution >= 4 is 44.4 Å². The molecule has 0 atom stereocenters. The number of anilines is 1. The van der Waals surface area contributed by atoms with Crippen LogP contribution in [0.25, 0.3) is 16.3 Å². The normalized spacial score (nSPS) is 14.4. The number of amides is 1. The average molecular weight is 439 g/mol. The van der Waals surface area contributed by atoms with Crippen LogP contribution in [0.5, 0.6) is 5.75 Å². The maximum absolute atomic E-state index is 12.5. The van der Waals surface area contributed by atoms with Gasteiger partial charge in [0.1, 0.15) is 11.3 Å². The predicted octanol–water partition coefficient (Wildman–Crippen LogP) is 3.88. The maximum Gasteiger partial charge on any atom is 0.269 e. The zero-order valence-corrected chi connectivity index (χ0v) is 18.1. The number of thiazole rings is 1. The van der Waals surface area contributed by atoms with Crippen LogP contribution in [-0.2, 0) is 4.79 Å². The molecule has 0 unspecified atom stereocenters. The van der Waals surface area contributed by atoms with Crippen molar-refractivity contribution in [3.05, 3.63) is 63.7 Å². The number of methoxy groups -OCH3 is 1. The van der Waals surface area contributed by atoms with Crippen LogP contribution < -0.4 is 9.64 Å². The largest absolute Gasteiger partial charge is 0.494 e. The van der Waals surface area contributed by atoms with Gasteiger partial charge in [-0.05, 0) is 42.3 Å². The molecule has 1 amide bonds. The number of nitrogens with zero attached hydrogens (tertiary/aromatic N) is 4. The van der Waals surface area contributed by atoms with E-state index in [4.69, 9.17) is 9.72 Å². The van der Waals surface area contributed by atoms with Crippen molar-refractivity contribution < 1.29 is 14.5 Å². The molecule has 1 saturated heterocycles. The number of carbonyl (C=O) groups excluding carboxylic acids is 1. The van der Waals surface area contributed by atoms with E-state index >= 15 is 0 Å². The third-order valence-electron chi connectivity index (χ3n) is 5.30. The Morgan fingerprint density at radius 2 is 1.87 bits per heavy atom. The van der Waals surface area contributed by atoms with Crippen LogP contribution in [0.3, 0.4) is 0 Å². The van der Waals surface area contributed by atoms with E-state index in [-0.39, 0.29) is 11.6 Å². The molecule has 1 aromatic heterocycles. The molecular formula is C22H22N4O4S. The molecule has 0 spiro atoms. The summed E-state index contributed by atoms with van der Waals surface area (Å²) in [6.45, 7) is 4.69. The molecule has 9 heteroatoms. The fourth-order valence-corrected chi connectivity index (χ4v) is 4.60. The van der Waals surface area contributed by atoms with Crippen molar-refractivity contribution in [3.8, 4) is 5.75 Å². The van der Waals surface area contributed by atoms with E-state index in [0.29, 0.717) is 26.2 Å². The number of nitro benzene ring substituents is 1. The van der Waals surface area contributed by atoms with E-state index in [1.807, 2.05) is 12.1 Å². The Morgan fingerprint density at radius 3 is 2.52 bits per heavy atom. The van der Waals surface area contributed by atoms with Gasteiger partial charge in [0.25, 0.3) is 5.69 Å². The summed E-state index contributed by atoms with van der Waals surface area (Å²) in [5.41, 5.74) is 2.83. The third-order valence-corrected chi connectivity index (χ3v) is 6.55. The number of ether oxygens (including phenoxy) is 1. The molecule has 31 heavy (non-hydrogen) atoms. The lowest BCUT2D eigenvalue weighted by Gasteiger charge is -2.34. The van der Waals surface area contributed by atoms with Gasteiger partial charge < -0.3 is 14.5 Å². The summed E-state index contributed by atoms with van der Waals surface area (Å²) < 4.78 is 6.57. The molecule has 1 aliphatic heterocycles. The van der Waals surface area contributed by atoms with Crippen LogP contribution in [0.15, 0.2) is 42.5 Å². The number of hydrogen-bond donors (Lipinski definition) is 0. The van der Waals surface area contributed by atoms with E-state index in [9.17, 15) is 14.9 Å². The van der Waals surface area contributed by atoms with Gasteiger partial charge in [-0.3, -0.25) is 14.9 Å². The minimum absolute atomic E-state index is 0.0299. The first kappa shape index (κ1) is 20.8.